The topological polar surface area (TPSA) is 3.01 Å². The minimum absolute atomic E-state index is 0.998. The largest absolute Gasteiger partial charge is 0.236 e. The lowest BCUT2D eigenvalue weighted by Gasteiger charge is -1.82. The van der Waals surface area contributed by atoms with Crippen LogP contribution < -0.4 is 0 Å². The zero-order chi connectivity index (χ0) is 6.41. The number of rotatable bonds is 3. The quantitative estimate of drug-likeness (QED) is 0.182. The summed E-state index contributed by atoms with van der Waals surface area (Å²) in [6, 6.07) is 0. The summed E-state index contributed by atoms with van der Waals surface area (Å²) < 4.78 is 2.02. The van der Waals surface area contributed by atoms with Gasteiger partial charge in [-0.25, -0.2) is 4.58 Å². The van der Waals surface area contributed by atoms with E-state index in [1.807, 2.05) is 24.7 Å². The Morgan fingerprint density at radius 1 is 1.62 bits per heavy atom. The highest BCUT2D eigenvalue weighted by molar-refractivity contribution is 8.11. The number of hydrogen-bond donors (Lipinski definition) is 0. The van der Waals surface area contributed by atoms with Crippen molar-refractivity contribution < 1.29 is 4.58 Å². The first-order valence-electron chi connectivity index (χ1n) is 2.49. The zero-order valence-corrected chi connectivity index (χ0v) is 6.24. The summed E-state index contributed by atoms with van der Waals surface area (Å²) in [6.07, 6.45) is 1.89. The first-order valence-corrected chi connectivity index (χ1v) is 3.54. The number of nitrogens with zero attached hydrogens (tertiary/aromatic N) is 1. The van der Waals surface area contributed by atoms with Crippen LogP contribution in [-0.4, -0.2) is 30.0 Å². The summed E-state index contributed by atoms with van der Waals surface area (Å²) in [5, 5.41) is 0. The molecule has 8 heavy (non-hydrogen) atoms. The van der Waals surface area contributed by atoms with Gasteiger partial charge in [0.25, 0.3) is 0 Å². The van der Waals surface area contributed by atoms with Crippen molar-refractivity contribution in [1.29, 1.82) is 0 Å². The smallest absolute Gasteiger partial charge is 0.197 e. The molecule has 0 aliphatic heterocycles. The van der Waals surface area contributed by atoms with E-state index in [1.54, 1.807) is 11.8 Å². The third kappa shape index (κ3) is 5.76. The number of hydrogen-bond acceptors (Lipinski definition) is 1. The van der Waals surface area contributed by atoms with Gasteiger partial charge in [0.1, 0.15) is 14.1 Å². The van der Waals surface area contributed by atoms with E-state index < -0.39 is 0 Å². The lowest BCUT2D eigenvalue weighted by molar-refractivity contribution is -0.456. The maximum atomic E-state index is 3.60. The molecule has 46 valence electrons. The summed E-state index contributed by atoms with van der Waals surface area (Å²) in [7, 11) is 4.02. The van der Waals surface area contributed by atoms with E-state index in [2.05, 4.69) is 12.1 Å². The van der Waals surface area contributed by atoms with Crippen molar-refractivity contribution >= 4 is 17.3 Å². The van der Waals surface area contributed by atoms with Crippen molar-refractivity contribution in [2.24, 2.45) is 0 Å². The first-order chi connectivity index (χ1) is 3.77. The fourth-order valence-electron chi connectivity index (χ4n) is 0.260. The third-order valence-electron chi connectivity index (χ3n) is 0.499. The maximum Gasteiger partial charge on any atom is 0.197 e. The van der Waals surface area contributed by atoms with Crippen LogP contribution in [0.3, 0.4) is 0 Å². The fraction of sp³-hybridized carbons (Fsp3) is 0.500. The van der Waals surface area contributed by atoms with Crippen LogP contribution in [0.5, 0.6) is 0 Å². The molecular weight excluding hydrogens is 118 g/mol. The molecule has 0 heterocycles. The van der Waals surface area contributed by atoms with Crippen molar-refractivity contribution in [2.75, 3.05) is 19.8 Å². The molecule has 0 aliphatic carbocycles. The Morgan fingerprint density at radius 3 is 2.62 bits per heavy atom. The molecule has 0 amide bonds. The molecule has 0 N–H and O–H groups in total. The Kier molecular flexibility index (Phi) is 4.76. The highest BCUT2D eigenvalue weighted by Gasteiger charge is 1.80. The molecule has 0 radical (unpaired) electrons. The van der Waals surface area contributed by atoms with Gasteiger partial charge in [-0.05, 0) is 0 Å². The van der Waals surface area contributed by atoms with Gasteiger partial charge >= 0.3 is 0 Å². The lowest BCUT2D eigenvalue weighted by atomic mass is 10.8. The Morgan fingerprint density at radius 2 is 2.25 bits per heavy atom. The van der Waals surface area contributed by atoms with Crippen LogP contribution in [0.15, 0.2) is 12.7 Å². The normalized spacial score (nSPS) is 8.25. The average molecular weight is 130 g/mol. The first kappa shape index (κ1) is 7.76. The molecule has 0 aromatic heterocycles. The summed E-state index contributed by atoms with van der Waals surface area (Å²) in [6.45, 7) is 3.60. The van der Waals surface area contributed by atoms with Gasteiger partial charge in [-0.15, -0.1) is 6.58 Å². The van der Waals surface area contributed by atoms with Crippen LogP contribution in [-0.2, 0) is 0 Å². The lowest BCUT2D eigenvalue weighted by Crippen LogP contribution is -1.94. The number of thioether (sulfide) groups is 1. The monoisotopic (exact) mass is 130 g/mol. The van der Waals surface area contributed by atoms with E-state index in [0.717, 1.165) is 5.75 Å². The third-order valence-corrected chi connectivity index (χ3v) is 1.50. The highest BCUT2D eigenvalue weighted by atomic mass is 32.2. The van der Waals surface area contributed by atoms with Crippen LogP contribution in [0, 0.1) is 0 Å². The molecule has 0 fully saturated rings. The molecule has 0 saturated heterocycles. The Labute approximate surface area is 55.1 Å². The van der Waals surface area contributed by atoms with E-state index in [-0.39, 0.29) is 0 Å². The predicted molar refractivity (Wildman–Crippen MR) is 40.8 cm³/mol. The summed E-state index contributed by atoms with van der Waals surface area (Å²) >= 11 is 1.74. The molecule has 2 heteroatoms. The van der Waals surface area contributed by atoms with Crippen LogP contribution >= 0.6 is 11.8 Å². The second-order valence-electron chi connectivity index (χ2n) is 1.69. The van der Waals surface area contributed by atoms with E-state index in [4.69, 9.17) is 0 Å². The van der Waals surface area contributed by atoms with E-state index >= 15 is 0 Å². The van der Waals surface area contributed by atoms with Gasteiger partial charge < -0.3 is 0 Å². The van der Waals surface area contributed by atoms with E-state index in [0.29, 0.717) is 0 Å². The molecule has 0 saturated carbocycles. The minimum atomic E-state index is 0.998. The predicted octanol–water partition coefficient (Wildman–Crippen LogP) is 1.21. The van der Waals surface area contributed by atoms with E-state index in [1.165, 1.54) is 0 Å². The summed E-state index contributed by atoms with van der Waals surface area (Å²) in [5.41, 5.74) is 2.06. The standard InChI is InChI=1S/C6H12NS/c1-4-5-8-6-7(2)3/h4,6H,1,5H2,2-3H3/q+1. The van der Waals surface area contributed by atoms with Gasteiger partial charge in [-0.3, -0.25) is 0 Å². The molecule has 0 aromatic carbocycles. The molecule has 0 atom stereocenters. The van der Waals surface area contributed by atoms with Crippen molar-refractivity contribution in [1.82, 2.24) is 0 Å². The molecule has 0 spiro atoms. The van der Waals surface area contributed by atoms with Crippen LogP contribution in [0.1, 0.15) is 0 Å². The minimum Gasteiger partial charge on any atom is -0.236 e. The molecule has 0 unspecified atom stereocenters. The van der Waals surface area contributed by atoms with Gasteiger partial charge in [-0.2, -0.15) is 0 Å². The van der Waals surface area contributed by atoms with Crippen molar-refractivity contribution in [3.05, 3.63) is 12.7 Å². The molecule has 0 bridgehead atoms. The zero-order valence-electron chi connectivity index (χ0n) is 5.42. The van der Waals surface area contributed by atoms with Gasteiger partial charge in [0.2, 0.25) is 0 Å². The molecule has 0 aromatic rings. The van der Waals surface area contributed by atoms with Crippen molar-refractivity contribution in [2.45, 2.75) is 0 Å². The SMILES string of the molecule is C=CCSC=[N+](C)C. The maximum absolute atomic E-state index is 3.60. The second-order valence-corrected chi connectivity index (χ2v) is 2.57. The Balaban J connectivity index is 3.15. The highest BCUT2D eigenvalue weighted by Crippen LogP contribution is 1.91. The Bertz CT molecular complexity index is 92.7. The van der Waals surface area contributed by atoms with Gasteiger partial charge in [0, 0.05) is 5.75 Å². The molecule has 0 aliphatic rings. The van der Waals surface area contributed by atoms with Crippen molar-refractivity contribution in [3.63, 3.8) is 0 Å². The van der Waals surface area contributed by atoms with Gasteiger partial charge in [0.15, 0.2) is 5.55 Å². The summed E-state index contributed by atoms with van der Waals surface area (Å²) in [5.74, 6) is 0.998. The van der Waals surface area contributed by atoms with E-state index in [9.17, 15) is 0 Å². The Hall–Kier alpha value is -0.240. The van der Waals surface area contributed by atoms with Crippen LogP contribution in [0.4, 0.5) is 0 Å². The van der Waals surface area contributed by atoms with Crippen LogP contribution in [0.2, 0.25) is 0 Å². The molecule has 0 rings (SSSR count). The van der Waals surface area contributed by atoms with Crippen LogP contribution in [0.25, 0.3) is 0 Å². The molecule has 1 nitrogen and oxygen atoms in total. The molecular formula is C6H12NS+. The second kappa shape index (κ2) is 4.91. The summed E-state index contributed by atoms with van der Waals surface area (Å²) in [4.78, 5) is 0. The average Bonchev–Trinajstić information content (AvgIpc) is 1.66. The van der Waals surface area contributed by atoms with Gasteiger partial charge in [-0.1, -0.05) is 17.8 Å². The van der Waals surface area contributed by atoms with Gasteiger partial charge in [0.05, 0.1) is 0 Å². The fourth-order valence-corrected chi connectivity index (χ4v) is 0.780. The van der Waals surface area contributed by atoms with Crippen molar-refractivity contribution in [3.8, 4) is 0 Å².